The molecule has 154 valence electrons. The second-order valence-electron chi connectivity index (χ2n) is 6.11. The van der Waals surface area contributed by atoms with Crippen molar-refractivity contribution in [2.75, 3.05) is 39.4 Å². The molecule has 1 aromatic rings. The Kier molecular flexibility index (Phi) is 8.01. The van der Waals surface area contributed by atoms with Gasteiger partial charge in [-0.3, -0.25) is 4.79 Å². The van der Waals surface area contributed by atoms with Crippen molar-refractivity contribution < 1.29 is 27.5 Å². The molecule has 0 N–H and O–H groups in total. The smallest absolute Gasteiger partial charge is 0.330 e. The normalized spacial score (nSPS) is 15.6. The fourth-order valence-corrected chi connectivity index (χ4v) is 4.11. The van der Waals surface area contributed by atoms with Gasteiger partial charge in [0.25, 0.3) is 5.91 Å². The molecule has 8 nitrogen and oxygen atoms in total. The van der Waals surface area contributed by atoms with Crippen LogP contribution in [0.2, 0.25) is 0 Å². The third-order valence-electron chi connectivity index (χ3n) is 4.19. The van der Waals surface area contributed by atoms with E-state index in [9.17, 15) is 18.0 Å². The van der Waals surface area contributed by atoms with Gasteiger partial charge < -0.3 is 14.4 Å². The lowest BCUT2D eigenvalue weighted by molar-refractivity contribution is -0.148. The molecule has 2 rings (SSSR count). The molecule has 1 fully saturated rings. The van der Waals surface area contributed by atoms with Crippen LogP contribution < -0.4 is 4.74 Å². The van der Waals surface area contributed by atoms with E-state index in [-0.39, 0.29) is 43.6 Å². The van der Waals surface area contributed by atoms with Gasteiger partial charge in [-0.05, 0) is 37.6 Å². The Morgan fingerprint density at radius 2 is 1.71 bits per heavy atom. The molecular weight excluding hydrogens is 384 g/mol. The zero-order chi connectivity index (χ0) is 20.6. The number of ether oxygens (including phenoxy) is 2. The largest absolute Gasteiger partial charge is 0.494 e. The summed E-state index contributed by atoms with van der Waals surface area (Å²) in [7, 11) is -3.63. The SMILES string of the molecule is CC/C=C/C(=O)OCC(=O)N1CCN(S(=O)(=O)c2ccc(OCC)cc2)CC1. The first-order valence-corrected chi connectivity index (χ1v) is 10.7. The van der Waals surface area contributed by atoms with Gasteiger partial charge in [-0.2, -0.15) is 4.31 Å². The zero-order valence-electron chi connectivity index (χ0n) is 16.2. The minimum Gasteiger partial charge on any atom is -0.494 e. The van der Waals surface area contributed by atoms with Crippen molar-refractivity contribution in [2.45, 2.75) is 25.2 Å². The molecular formula is C19H26N2O6S. The summed E-state index contributed by atoms with van der Waals surface area (Å²) in [6.07, 6.45) is 3.64. The van der Waals surface area contributed by atoms with Crippen molar-refractivity contribution >= 4 is 21.9 Å². The summed E-state index contributed by atoms with van der Waals surface area (Å²) >= 11 is 0. The Balaban J connectivity index is 1.89. The quantitative estimate of drug-likeness (QED) is 0.475. The predicted molar refractivity (Wildman–Crippen MR) is 103 cm³/mol. The molecule has 0 unspecified atom stereocenters. The third kappa shape index (κ3) is 5.80. The Bertz CT molecular complexity index is 796. The van der Waals surface area contributed by atoms with Gasteiger partial charge >= 0.3 is 5.97 Å². The molecule has 0 aliphatic carbocycles. The standard InChI is InChI=1S/C19H26N2O6S/c1-3-5-6-19(23)27-15-18(22)20-11-13-21(14-12-20)28(24,25)17-9-7-16(8-10-17)26-4-2/h5-10H,3-4,11-15H2,1-2H3/b6-5+. The molecule has 0 spiro atoms. The number of sulfonamides is 1. The number of allylic oxidation sites excluding steroid dienone is 1. The molecule has 1 aliphatic heterocycles. The number of esters is 1. The molecule has 1 aromatic carbocycles. The number of piperazine rings is 1. The van der Waals surface area contributed by atoms with Gasteiger partial charge in [0.1, 0.15) is 5.75 Å². The van der Waals surface area contributed by atoms with Crippen molar-refractivity contribution in [2.24, 2.45) is 0 Å². The Labute approximate surface area is 165 Å². The minimum atomic E-state index is -3.63. The number of carbonyl (C=O) groups is 2. The van der Waals surface area contributed by atoms with E-state index in [2.05, 4.69) is 0 Å². The van der Waals surface area contributed by atoms with Crippen LogP contribution in [0, 0.1) is 0 Å². The molecule has 28 heavy (non-hydrogen) atoms. The van der Waals surface area contributed by atoms with Crippen molar-refractivity contribution in [3.05, 3.63) is 36.4 Å². The highest BCUT2D eigenvalue weighted by Gasteiger charge is 2.30. The molecule has 0 bridgehead atoms. The van der Waals surface area contributed by atoms with E-state index in [1.54, 1.807) is 18.2 Å². The number of benzene rings is 1. The van der Waals surface area contributed by atoms with Crippen molar-refractivity contribution in [3.8, 4) is 5.75 Å². The topological polar surface area (TPSA) is 93.2 Å². The van der Waals surface area contributed by atoms with Gasteiger partial charge in [0.05, 0.1) is 11.5 Å². The maximum atomic E-state index is 12.8. The van der Waals surface area contributed by atoms with Crippen molar-refractivity contribution in [1.29, 1.82) is 0 Å². The van der Waals surface area contributed by atoms with E-state index < -0.39 is 16.0 Å². The molecule has 1 amide bonds. The third-order valence-corrected chi connectivity index (χ3v) is 6.10. The van der Waals surface area contributed by atoms with Gasteiger partial charge in [0.15, 0.2) is 6.61 Å². The van der Waals surface area contributed by atoms with E-state index >= 15 is 0 Å². The van der Waals surface area contributed by atoms with Gasteiger partial charge in [-0.1, -0.05) is 13.0 Å². The first-order chi connectivity index (χ1) is 13.4. The highest BCUT2D eigenvalue weighted by atomic mass is 32.2. The van der Waals surface area contributed by atoms with Gasteiger partial charge in [-0.25, -0.2) is 13.2 Å². The lowest BCUT2D eigenvalue weighted by Crippen LogP contribution is -2.51. The van der Waals surface area contributed by atoms with Crippen LogP contribution in [-0.2, 0) is 24.3 Å². The van der Waals surface area contributed by atoms with E-state index in [0.29, 0.717) is 18.8 Å². The Hall–Kier alpha value is -2.39. The van der Waals surface area contributed by atoms with Gasteiger partial charge in [-0.15, -0.1) is 0 Å². The van der Waals surface area contributed by atoms with Crippen LogP contribution in [0.15, 0.2) is 41.3 Å². The van der Waals surface area contributed by atoms with Crippen LogP contribution in [0.3, 0.4) is 0 Å². The number of nitrogens with zero attached hydrogens (tertiary/aromatic N) is 2. The summed E-state index contributed by atoms with van der Waals surface area (Å²) in [5.41, 5.74) is 0. The molecule has 0 radical (unpaired) electrons. The average molecular weight is 410 g/mol. The Morgan fingerprint density at radius 3 is 2.29 bits per heavy atom. The number of amides is 1. The molecule has 1 saturated heterocycles. The average Bonchev–Trinajstić information content (AvgIpc) is 2.71. The number of hydrogen-bond acceptors (Lipinski definition) is 6. The summed E-state index contributed by atoms with van der Waals surface area (Å²) in [5, 5.41) is 0. The molecule has 1 aliphatic rings. The van der Waals surface area contributed by atoms with Crippen molar-refractivity contribution in [3.63, 3.8) is 0 Å². The predicted octanol–water partition coefficient (Wildman–Crippen LogP) is 1.43. The van der Waals surface area contributed by atoms with Gasteiger partial charge in [0, 0.05) is 32.3 Å². The van der Waals surface area contributed by atoms with Crippen LogP contribution in [0.5, 0.6) is 5.75 Å². The molecule has 0 aromatic heterocycles. The summed E-state index contributed by atoms with van der Waals surface area (Å²) in [5.74, 6) is -0.288. The van der Waals surface area contributed by atoms with E-state index in [1.807, 2.05) is 13.8 Å². The van der Waals surface area contributed by atoms with E-state index in [4.69, 9.17) is 9.47 Å². The lowest BCUT2D eigenvalue weighted by Gasteiger charge is -2.33. The minimum absolute atomic E-state index is 0.185. The van der Waals surface area contributed by atoms with E-state index in [1.165, 1.54) is 27.4 Å². The Morgan fingerprint density at radius 1 is 1.07 bits per heavy atom. The number of rotatable bonds is 8. The van der Waals surface area contributed by atoms with Crippen LogP contribution in [0.25, 0.3) is 0 Å². The number of carbonyl (C=O) groups excluding carboxylic acids is 2. The summed E-state index contributed by atoms with van der Waals surface area (Å²) < 4.78 is 37.1. The molecule has 9 heteroatoms. The van der Waals surface area contributed by atoms with Crippen LogP contribution in [0.4, 0.5) is 0 Å². The zero-order valence-corrected chi connectivity index (χ0v) is 17.0. The fourth-order valence-electron chi connectivity index (χ4n) is 2.69. The summed E-state index contributed by atoms with van der Waals surface area (Å²) in [6, 6.07) is 6.28. The molecule has 1 heterocycles. The second-order valence-corrected chi connectivity index (χ2v) is 8.05. The highest BCUT2D eigenvalue weighted by molar-refractivity contribution is 7.89. The first kappa shape index (κ1) is 21.9. The van der Waals surface area contributed by atoms with Crippen molar-refractivity contribution in [1.82, 2.24) is 9.21 Å². The van der Waals surface area contributed by atoms with E-state index in [0.717, 1.165) is 0 Å². The first-order valence-electron chi connectivity index (χ1n) is 9.22. The second kappa shape index (κ2) is 10.2. The summed E-state index contributed by atoms with van der Waals surface area (Å²) in [6.45, 7) is 4.76. The number of hydrogen-bond donors (Lipinski definition) is 0. The fraction of sp³-hybridized carbons (Fsp3) is 0.474. The van der Waals surface area contributed by atoms with Crippen LogP contribution >= 0.6 is 0 Å². The monoisotopic (exact) mass is 410 g/mol. The lowest BCUT2D eigenvalue weighted by atomic mass is 10.3. The maximum absolute atomic E-state index is 12.8. The maximum Gasteiger partial charge on any atom is 0.330 e. The van der Waals surface area contributed by atoms with Crippen LogP contribution in [-0.4, -0.2) is 68.9 Å². The summed E-state index contributed by atoms with van der Waals surface area (Å²) in [4.78, 5) is 25.3. The van der Waals surface area contributed by atoms with Gasteiger partial charge in [0.2, 0.25) is 10.0 Å². The molecule has 0 saturated carbocycles. The van der Waals surface area contributed by atoms with Crippen LogP contribution in [0.1, 0.15) is 20.3 Å². The highest BCUT2D eigenvalue weighted by Crippen LogP contribution is 2.21. The molecule has 0 atom stereocenters.